The molecule has 0 amide bonds. The summed E-state index contributed by atoms with van der Waals surface area (Å²) in [6.45, 7) is 0.582. The summed E-state index contributed by atoms with van der Waals surface area (Å²) in [7, 11) is 5.70. The van der Waals surface area contributed by atoms with E-state index in [9.17, 15) is 0 Å². The van der Waals surface area contributed by atoms with Crippen LogP contribution in [-0.4, -0.2) is 32.6 Å². The van der Waals surface area contributed by atoms with Gasteiger partial charge in [-0.1, -0.05) is 15.9 Å². The zero-order valence-corrected chi connectivity index (χ0v) is 10.9. The molecule has 1 rings (SSSR count). The minimum atomic E-state index is 0.203. The predicted octanol–water partition coefficient (Wildman–Crippen LogP) is 2.02. The summed E-state index contributed by atoms with van der Waals surface area (Å²) in [4.78, 5) is 2.10. The van der Waals surface area contributed by atoms with Crippen LogP contribution in [0, 0.1) is 0 Å². The lowest BCUT2D eigenvalue weighted by Gasteiger charge is -2.24. The number of ether oxygens (including phenoxy) is 1. The van der Waals surface area contributed by atoms with E-state index in [4.69, 9.17) is 10.5 Å². The van der Waals surface area contributed by atoms with Crippen molar-refractivity contribution in [1.29, 1.82) is 0 Å². The Balaban J connectivity index is 3.09. The number of methoxy groups -OCH3 is 1. The van der Waals surface area contributed by atoms with E-state index in [1.165, 1.54) is 0 Å². The van der Waals surface area contributed by atoms with Crippen molar-refractivity contribution < 1.29 is 4.74 Å². The summed E-state index contributed by atoms with van der Waals surface area (Å²) in [6.07, 6.45) is 0. The molecule has 1 aromatic carbocycles. The molecular weight excluding hydrogens is 256 g/mol. The normalized spacial score (nSPS) is 12.9. The van der Waals surface area contributed by atoms with Gasteiger partial charge in [-0.2, -0.15) is 0 Å². The van der Waals surface area contributed by atoms with Crippen molar-refractivity contribution in [2.75, 3.05) is 27.7 Å². The van der Waals surface area contributed by atoms with Gasteiger partial charge >= 0.3 is 0 Å². The Morgan fingerprint density at radius 3 is 2.60 bits per heavy atom. The topological polar surface area (TPSA) is 38.5 Å². The highest BCUT2D eigenvalue weighted by atomic mass is 79.9. The molecule has 0 aliphatic rings. The Morgan fingerprint density at radius 1 is 1.47 bits per heavy atom. The van der Waals surface area contributed by atoms with Crippen LogP contribution in [-0.2, 0) is 0 Å². The molecule has 0 spiro atoms. The Bertz CT molecular complexity index is 328. The molecule has 0 fully saturated rings. The lowest BCUT2D eigenvalue weighted by Crippen LogP contribution is -2.27. The smallest absolute Gasteiger partial charge is 0.119 e. The molecule has 0 aromatic heterocycles. The molecule has 3 nitrogen and oxygen atoms in total. The van der Waals surface area contributed by atoms with Crippen molar-refractivity contribution in [3.05, 3.63) is 28.2 Å². The number of halogens is 1. The van der Waals surface area contributed by atoms with Crippen LogP contribution in [0.15, 0.2) is 22.7 Å². The Labute approximate surface area is 99.3 Å². The first-order valence-electron chi connectivity index (χ1n) is 4.80. The number of hydrogen-bond acceptors (Lipinski definition) is 3. The largest absolute Gasteiger partial charge is 0.497 e. The minimum Gasteiger partial charge on any atom is -0.497 e. The highest BCUT2D eigenvalue weighted by Crippen LogP contribution is 2.29. The van der Waals surface area contributed by atoms with E-state index in [1.54, 1.807) is 7.11 Å². The van der Waals surface area contributed by atoms with Crippen LogP contribution in [0.25, 0.3) is 0 Å². The summed E-state index contributed by atoms with van der Waals surface area (Å²) < 4.78 is 6.27. The molecule has 0 heterocycles. The highest BCUT2D eigenvalue weighted by molar-refractivity contribution is 9.10. The van der Waals surface area contributed by atoms with Crippen molar-refractivity contribution in [1.82, 2.24) is 4.90 Å². The zero-order valence-electron chi connectivity index (χ0n) is 9.33. The maximum Gasteiger partial charge on any atom is 0.119 e. The molecule has 1 atom stereocenters. The highest BCUT2D eigenvalue weighted by Gasteiger charge is 2.15. The summed E-state index contributed by atoms with van der Waals surface area (Å²) >= 11 is 3.53. The maximum absolute atomic E-state index is 5.76. The van der Waals surface area contributed by atoms with Gasteiger partial charge in [-0.25, -0.2) is 0 Å². The van der Waals surface area contributed by atoms with Crippen LogP contribution in [0.4, 0.5) is 0 Å². The average molecular weight is 273 g/mol. The van der Waals surface area contributed by atoms with Crippen molar-refractivity contribution in [2.45, 2.75) is 6.04 Å². The lowest BCUT2D eigenvalue weighted by atomic mass is 10.1. The van der Waals surface area contributed by atoms with Gasteiger partial charge in [-0.3, -0.25) is 0 Å². The van der Waals surface area contributed by atoms with Crippen molar-refractivity contribution in [3.63, 3.8) is 0 Å². The van der Waals surface area contributed by atoms with Crippen LogP contribution >= 0.6 is 15.9 Å². The van der Waals surface area contributed by atoms with Crippen molar-refractivity contribution >= 4 is 15.9 Å². The van der Waals surface area contributed by atoms with E-state index < -0.39 is 0 Å². The molecule has 0 aliphatic heterocycles. The molecule has 84 valence electrons. The number of hydrogen-bond donors (Lipinski definition) is 1. The lowest BCUT2D eigenvalue weighted by molar-refractivity contribution is 0.304. The Kier molecular flexibility index (Phi) is 4.57. The maximum atomic E-state index is 5.76. The van der Waals surface area contributed by atoms with Crippen LogP contribution in [0.5, 0.6) is 5.75 Å². The first-order valence-corrected chi connectivity index (χ1v) is 5.59. The number of likely N-dealkylation sites (N-methyl/N-ethyl adjacent to an activating group) is 1. The summed E-state index contributed by atoms with van der Waals surface area (Å²) in [6, 6.07) is 6.13. The first-order chi connectivity index (χ1) is 7.10. The molecule has 0 saturated carbocycles. The fourth-order valence-corrected chi connectivity index (χ4v) is 2.03. The van der Waals surface area contributed by atoms with Gasteiger partial charge in [-0.15, -0.1) is 0 Å². The van der Waals surface area contributed by atoms with E-state index in [2.05, 4.69) is 20.8 Å². The number of nitrogens with zero attached hydrogens (tertiary/aromatic N) is 1. The van der Waals surface area contributed by atoms with Crippen molar-refractivity contribution in [3.8, 4) is 5.75 Å². The molecule has 1 unspecified atom stereocenters. The van der Waals surface area contributed by atoms with E-state index in [0.29, 0.717) is 6.54 Å². The third-order valence-electron chi connectivity index (χ3n) is 2.41. The number of benzene rings is 1. The van der Waals surface area contributed by atoms with Gasteiger partial charge in [0, 0.05) is 17.1 Å². The molecular formula is C11H17BrN2O. The van der Waals surface area contributed by atoms with E-state index in [1.807, 2.05) is 32.3 Å². The van der Waals surface area contributed by atoms with Crippen molar-refractivity contribution in [2.24, 2.45) is 5.73 Å². The zero-order chi connectivity index (χ0) is 11.4. The fourth-order valence-electron chi connectivity index (χ4n) is 1.52. The summed E-state index contributed by atoms with van der Waals surface area (Å²) in [5.74, 6) is 0.855. The summed E-state index contributed by atoms with van der Waals surface area (Å²) in [5.41, 5.74) is 6.92. The number of rotatable bonds is 4. The van der Waals surface area contributed by atoms with Gasteiger partial charge in [0.2, 0.25) is 0 Å². The second kappa shape index (κ2) is 5.49. The van der Waals surface area contributed by atoms with Gasteiger partial charge in [0.1, 0.15) is 5.75 Å². The molecule has 0 saturated heterocycles. The average Bonchev–Trinajstić information content (AvgIpc) is 2.21. The van der Waals surface area contributed by atoms with Crippen LogP contribution in [0.2, 0.25) is 0 Å². The molecule has 0 radical (unpaired) electrons. The minimum absolute atomic E-state index is 0.203. The molecule has 4 heteroatoms. The van der Waals surface area contributed by atoms with Crippen LogP contribution in [0.1, 0.15) is 11.6 Å². The van der Waals surface area contributed by atoms with Gasteiger partial charge in [0.25, 0.3) is 0 Å². The van der Waals surface area contributed by atoms with Crippen LogP contribution in [0.3, 0.4) is 0 Å². The molecule has 2 N–H and O–H groups in total. The van der Waals surface area contributed by atoms with Gasteiger partial charge in [-0.05, 0) is 37.9 Å². The van der Waals surface area contributed by atoms with Crippen LogP contribution < -0.4 is 10.5 Å². The molecule has 15 heavy (non-hydrogen) atoms. The third-order valence-corrected chi connectivity index (χ3v) is 3.13. The molecule has 0 aliphatic carbocycles. The van der Waals surface area contributed by atoms with E-state index in [-0.39, 0.29) is 6.04 Å². The van der Waals surface area contributed by atoms with Gasteiger partial charge in [0.05, 0.1) is 7.11 Å². The van der Waals surface area contributed by atoms with E-state index >= 15 is 0 Å². The monoisotopic (exact) mass is 272 g/mol. The number of nitrogens with two attached hydrogens (primary N) is 1. The predicted molar refractivity (Wildman–Crippen MR) is 66.2 cm³/mol. The first kappa shape index (κ1) is 12.5. The fraction of sp³-hybridized carbons (Fsp3) is 0.455. The van der Waals surface area contributed by atoms with Gasteiger partial charge < -0.3 is 15.4 Å². The Hall–Kier alpha value is -0.580. The van der Waals surface area contributed by atoms with E-state index in [0.717, 1.165) is 15.8 Å². The van der Waals surface area contributed by atoms with Gasteiger partial charge in [0.15, 0.2) is 0 Å². The molecule has 0 bridgehead atoms. The second-order valence-corrected chi connectivity index (χ2v) is 4.46. The summed E-state index contributed by atoms with van der Waals surface area (Å²) in [5, 5.41) is 0. The molecule has 1 aromatic rings. The quantitative estimate of drug-likeness (QED) is 0.912. The SMILES string of the molecule is COc1ccc(Br)c(C(CN)N(C)C)c1. The Morgan fingerprint density at radius 2 is 2.13 bits per heavy atom. The second-order valence-electron chi connectivity index (χ2n) is 3.60. The standard InChI is InChI=1S/C11H17BrN2O/c1-14(2)11(7-13)9-6-8(15-3)4-5-10(9)12/h4-6,11H,7,13H2,1-3H3. The third kappa shape index (κ3) is 2.93.